The molecule has 4 amide bonds. The third kappa shape index (κ3) is 2.73. The SMILES string of the molecule is O=C1c2ccccc2C(=O)N1CCCNC(=O)N1CCc2ccccc21. The molecule has 0 bridgehead atoms. The molecule has 0 saturated carbocycles. The number of amides is 4. The first kappa shape index (κ1) is 16.3. The van der Waals surface area contributed by atoms with E-state index < -0.39 is 0 Å². The first-order valence-corrected chi connectivity index (χ1v) is 8.75. The minimum atomic E-state index is -0.259. The van der Waals surface area contributed by atoms with Gasteiger partial charge in [0.1, 0.15) is 0 Å². The number of benzene rings is 2. The number of urea groups is 1. The molecule has 0 aliphatic carbocycles. The molecule has 2 aliphatic rings. The summed E-state index contributed by atoms with van der Waals surface area (Å²) in [5.74, 6) is -0.518. The summed E-state index contributed by atoms with van der Waals surface area (Å²) in [6, 6.07) is 14.6. The first-order chi connectivity index (χ1) is 12.7. The van der Waals surface area contributed by atoms with Crippen LogP contribution >= 0.6 is 0 Å². The van der Waals surface area contributed by atoms with Gasteiger partial charge in [0.05, 0.1) is 11.1 Å². The van der Waals surface area contributed by atoms with Gasteiger partial charge in [0.25, 0.3) is 11.8 Å². The van der Waals surface area contributed by atoms with Crippen molar-refractivity contribution in [3.05, 3.63) is 65.2 Å². The Morgan fingerprint density at radius 1 is 0.962 bits per heavy atom. The molecule has 2 aromatic carbocycles. The molecule has 132 valence electrons. The van der Waals surface area contributed by atoms with Gasteiger partial charge >= 0.3 is 6.03 Å². The zero-order valence-corrected chi connectivity index (χ0v) is 14.3. The van der Waals surface area contributed by atoms with Crippen LogP contribution in [0.1, 0.15) is 32.7 Å². The van der Waals surface area contributed by atoms with Crippen molar-refractivity contribution >= 4 is 23.5 Å². The number of imide groups is 1. The highest BCUT2D eigenvalue weighted by Crippen LogP contribution is 2.27. The molecule has 0 atom stereocenters. The monoisotopic (exact) mass is 349 g/mol. The maximum atomic E-state index is 12.4. The Bertz CT molecular complexity index is 858. The van der Waals surface area contributed by atoms with Gasteiger partial charge < -0.3 is 5.32 Å². The summed E-state index contributed by atoms with van der Waals surface area (Å²) in [5, 5.41) is 2.88. The molecule has 1 N–H and O–H groups in total. The second kappa shape index (κ2) is 6.63. The van der Waals surface area contributed by atoms with E-state index in [0.717, 1.165) is 12.1 Å². The number of carbonyl (C=O) groups is 3. The Morgan fingerprint density at radius 2 is 1.62 bits per heavy atom. The molecule has 0 spiro atoms. The molecule has 0 saturated heterocycles. The third-order valence-corrected chi connectivity index (χ3v) is 4.85. The van der Waals surface area contributed by atoms with Crippen LogP contribution in [0.2, 0.25) is 0 Å². The zero-order valence-electron chi connectivity index (χ0n) is 14.3. The topological polar surface area (TPSA) is 69.7 Å². The summed E-state index contributed by atoms with van der Waals surface area (Å²) >= 11 is 0. The van der Waals surface area contributed by atoms with Crippen LogP contribution in [0.25, 0.3) is 0 Å². The van der Waals surface area contributed by atoms with Crippen molar-refractivity contribution in [2.24, 2.45) is 0 Å². The average Bonchev–Trinajstić information content (AvgIpc) is 3.20. The summed E-state index contributed by atoms with van der Waals surface area (Å²) in [7, 11) is 0. The molecule has 2 aromatic rings. The number of hydrogen-bond acceptors (Lipinski definition) is 3. The molecule has 0 fully saturated rings. The lowest BCUT2D eigenvalue weighted by Gasteiger charge is -2.19. The second-order valence-electron chi connectivity index (χ2n) is 6.42. The van der Waals surface area contributed by atoms with E-state index in [9.17, 15) is 14.4 Å². The van der Waals surface area contributed by atoms with Gasteiger partial charge in [-0.25, -0.2) is 4.79 Å². The number of fused-ring (bicyclic) bond motifs is 2. The molecule has 0 aromatic heterocycles. The number of nitrogens with zero attached hydrogens (tertiary/aromatic N) is 2. The zero-order chi connectivity index (χ0) is 18.1. The Labute approximate surface area is 151 Å². The van der Waals surface area contributed by atoms with Crippen LogP contribution in [0.5, 0.6) is 0 Å². The number of para-hydroxylation sites is 1. The standard InChI is InChI=1S/C20H19N3O3/c24-18-15-7-2-3-8-16(15)19(25)23(18)12-5-11-21-20(26)22-13-10-14-6-1-4-9-17(14)22/h1-4,6-9H,5,10-13H2,(H,21,26). The van der Waals surface area contributed by atoms with Gasteiger partial charge in [-0.1, -0.05) is 30.3 Å². The maximum Gasteiger partial charge on any atom is 0.321 e. The normalized spacial score (nSPS) is 15.2. The Kier molecular flexibility index (Phi) is 4.16. The lowest BCUT2D eigenvalue weighted by molar-refractivity contribution is 0.0653. The Hall–Kier alpha value is -3.15. The second-order valence-corrected chi connectivity index (χ2v) is 6.42. The first-order valence-electron chi connectivity index (χ1n) is 8.75. The summed E-state index contributed by atoms with van der Waals surface area (Å²) in [6.07, 6.45) is 1.38. The van der Waals surface area contributed by atoms with Crippen molar-refractivity contribution in [3.63, 3.8) is 0 Å². The fourth-order valence-electron chi connectivity index (χ4n) is 3.52. The highest BCUT2D eigenvalue weighted by Gasteiger charge is 2.34. The fraction of sp³-hybridized carbons (Fsp3) is 0.250. The molecule has 6 nitrogen and oxygen atoms in total. The van der Waals surface area contributed by atoms with E-state index in [1.54, 1.807) is 29.2 Å². The van der Waals surface area contributed by atoms with Crippen LogP contribution in [-0.4, -0.2) is 42.4 Å². The van der Waals surface area contributed by atoms with Crippen LogP contribution < -0.4 is 10.2 Å². The Morgan fingerprint density at radius 3 is 2.35 bits per heavy atom. The van der Waals surface area contributed by atoms with E-state index in [1.165, 1.54) is 10.5 Å². The van der Waals surface area contributed by atoms with Crippen molar-refractivity contribution in [1.29, 1.82) is 0 Å². The highest BCUT2D eigenvalue weighted by atomic mass is 16.2. The molecular weight excluding hydrogens is 330 g/mol. The summed E-state index contributed by atoms with van der Waals surface area (Å²) in [4.78, 5) is 39.9. The van der Waals surface area contributed by atoms with Gasteiger partial charge in [-0.2, -0.15) is 0 Å². The van der Waals surface area contributed by atoms with E-state index in [-0.39, 0.29) is 17.8 Å². The van der Waals surface area contributed by atoms with Crippen LogP contribution in [0.3, 0.4) is 0 Å². The van der Waals surface area contributed by atoms with Gasteiger partial charge in [-0.05, 0) is 36.6 Å². The van der Waals surface area contributed by atoms with Gasteiger partial charge in [0.15, 0.2) is 0 Å². The number of nitrogens with one attached hydrogen (secondary N) is 1. The van der Waals surface area contributed by atoms with Crippen LogP contribution in [0.4, 0.5) is 10.5 Å². The van der Waals surface area contributed by atoms with Crippen molar-refractivity contribution in [2.75, 3.05) is 24.5 Å². The van der Waals surface area contributed by atoms with Gasteiger partial charge in [-0.3, -0.25) is 19.4 Å². The molecular formula is C20H19N3O3. The molecule has 6 heteroatoms. The lowest BCUT2D eigenvalue weighted by Crippen LogP contribution is -2.40. The van der Waals surface area contributed by atoms with Crippen molar-refractivity contribution in [2.45, 2.75) is 12.8 Å². The van der Waals surface area contributed by atoms with Gasteiger partial charge in [0.2, 0.25) is 0 Å². The molecule has 26 heavy (non-hydrogen) atoms. The maximum absolute atomic E-state index is 12.4. The minimum absolute atomic E-state index is 0.141. The summed E-state index contributed by atoms with van der Waals surface area (Å²) < 4.78 is 0. The van der Waals surface area contributed by atoms with E-state index in [2.05, 4.69) is 5.32 Å². The average molecular weight is 349 g/mol. The highest BCUT2D eigenvalue weighted by molar-refractivity contribution is 6.21. The van der Waals surface area contributed by atoms with E-state index in [4.69, 9.17) is 0 Å². The predicted molar refractivity (Wildman–Crippen MR) is 97.3 cm³/mol. The number of carbonyl (C=O) groups excluding carboxylic acids is 3. The summed E-state index contributed by atoms with van der Waals surface area (Å²) in [5.41, 5.74) is 3.03. The van der Waals surface area contributed by atoms with Crippen molar-refractivity contribution < 1.29 is 14.4 Å². The van der Waals surface area contributed by atoms with Crippen molar-refractivity contribution in [3.8, 4) is 0 Å². The largest absolute Gasteiger partial charge is 0.338 e. The van der Waals surface area contributed by atoms with Gasteiger partial charge in [0, 0.05) is 25.3 Å². The summed E-state index contributed by atoms with van der Waals surface area (Å²) in [6.45, 7) is 1.37. The molecule has 0 unspecified atom stereocenters. The number of rotatable bonds is 4. The molecule has 2 aliphatic heterocycles. The lowest BCUT2D eigenvalue weighted by atomic mass is 10.1. The number of anilines is 1. The molecule has 0 radical (unpaired) electrons. The molecule has 2 heterocycles. The van der Waals surface area contributed by atoms with Crippen molar-refractivity contribution in [1.82, 2.24) is 10.2 Å². The van der Waals surface area contributed by atoms with E-state index in [1.807, 2.05) is 24.3 Å². The Balaban J connectivity index is 1.30. The van der Waals surface area contributed by atoms with Crippen LogP contribution in [0.15, 0.2) is 48.5 Å². The van der Waals surface area contributed by atoms with E-state index >= 15 is 0 Å². The minimum Gasteiger partial charge on any atom is -0.338 e. The quantitative estimate of drug-likeness (QED) is 0.681. The molecule has 4 rings (SSSR count). The third-order valence-electron chi connectivity index (χ3n) is 4.85. The van der Waals surface area contributed by atoms with Crippen LogP contribution in [0, 0.1) is 0 Å². The van der Waals surface area contributed by atoms with Gasteiger partial charge in [-0.15, -0.1) is 0 Å². The van der Waals surface area contributed by atoms with Crippen LogP contribution in [-0.2, 0) is 6.42 Å². The smallest absolute Gasteiger partial charge is 0.321 e. The predicted octanol–water partition coefficient (Wildman–Crippen LogP) is 2.45. The number of hydrogen-bond donors (Lipinski definition) is 1. The van der Waals surface area contributed by atoms with E-state index in [0.29, 0.717) is 37.2 Å². The fourth-order valence-corrected chi connectivity index (χ4v) is 3.52.